The number of rotatable bonds is 4. The third-order valence-corrected chi connectivity index (χ3v) is 2.34. The van der Waals surface area contributed by atoms with Gasteiger partial charge in [0.1, 0.15) is 23.9 Å². The fourth-order valence-corrected chi connectivity index (χ4v) is 0.991. The number of ether oxygens (including phenoxy) is 1. The quantitative estimate of drug-likeness (QED) is 0.803. The summed E-state index contributed by atoms with van der Waals surface area (Å²) in [6, 6.07) is 3.90. The molecule has 88 valence electrons. The molecule has 1 aromatic rings. The van der Waals surface area contributed by atoms with Crippen molar-refractivity contribution in [3.63, 3.8) is 0 Å². The Bertz CT molecular complexity index is 404. The van der Waals surface area contributed by atoms with Crippen molar-refractivity contribution in [1.29, 1.82) is 0 Å². The van der Waals surface area contributed by atoms with E-state index < -0.39 is 17.2 Å². The number of hydrogen-bond donors (Lipinski definition) is 2. The van der Waals surface area contributed by atoms with Gasteiger partial charge in [-0.25, -0.2) is 4.39 Å². The van der Waals surface area contributed by atoms with Gasteiger partial charge in [-0.1, -0.05) is 18.2 Å². The highest BCUT2D eigenvalue weighted by molar-refractivity contribution is 6.30. The Morgan fingerprint density at radius 3 is 2.75 bits per heavy atom. The third-order valence-electron chi connectivity index (χ3n) is 2.03. The van der Waals surface area contributed by atoms with Crippen LogP contribution in [0.2, 0.25) is 5.02 Å². The molecule has 0 heterocycles. The van der Waals surface area contributed by atoms with E-state index in [0.29, 0.717) is 0 Å². The van der Waals surface area contributed by atoms with Crippen molar-refractivity contribution in [2.75, 3.05) is 6.61 Å². The molecule has 2 N–H and O–H groups in total. The fourth-order valence-electron chi connectivity index (χ4n) is 0.874. The van der Waals surface area contributed by atoms with Gasteiger partial charge in [0.05, 0.1) is 5.02 Å². The van der Waals surface area contributed by atoms with Gasteiger partial charge in [-0.3, -0.25) is 0 Å². The minimum Gasteiger partial charge on any atom is -0.510 e. The Morgan fingerprint density at radius 1 is 1.62 bits per heavy atom. The zero-order valence-electron chi connectivity index (χ0n) is 8.70. The standard InChI is InChI=1S/C11H12ClFO3/c1-7(14)11(2,15)6-16-8-3-4-9(12)10(13)5-8/h3-5,14-15H,1,6H2,2H3/t11-/m0/s1. The number of halogens is 2. The van der Waals surface area contributed by atoms with Crippen LogP contribution in [0.1, 0.15) is 6.92 Å². The summed E-state index contributed by atoms with van der Waals surface area (Å²) in [6.45, 7) is 4.30. The number of benzene rings is 1. The van der Waals surface area contributed by atoms with E-state index in [-0.39, 0.29) is 17.4 Å². The molecular weight excluding hydrogens is 235 g/mol. The molecule has 0 aliphatic carbocycles. The van der Waals surface area contributed by atoms with Gasteiger partial charge >= 0.3 is 0 Å². The number of aliphatic hydroxyl groups excluding tert-OH is 1. The molecule has 0 bridgehead atoms. The Morgan fingerprint density at radius 2 is 2.25 bits per heavy atom. The molecule has 0 radical (unpaired) electrons. The Hall–Kier alpha value is -1.26. The first-order valence-electron chi connectivity index (χ1n) is 4.51. The van der Waals surface area contributed by atoms with Gasteiger partial charge in [0.15, 0.2) is 5.60 Å². The average molecular weight is 247 g/mol. The van der Waals surface area contributed by atoms with Gasteiger partial charge in [0.25, 0.3) is 0 Å². The largest absolute Gasteiger partial charge is 0.510 e. The molecule has 0 aliphatic rings. The summed E-state index contributed by atoms with van der Waals surface area (Å²) < 4.78 is 18.1. The van der Waals surface area contributed by atoms with Crippen molar-refractivity contribution < 1.29 is 19.3 Å². The predicted molar refractivity (Wildman–Crippen MR) is 59.3 cm³/mol. The second-order valence-electron chi connectivity index (χ2n) is 3.59. The maximum Gasteiger partial charge on any atom is 0.151 e. The fraction of sp³-hybridized carbons (Fsp3) is 0.273. The van der Waals surface area contributed by atoms with Crippen LogP contribution < -0.4 is 4.74 Å². The zero-order valence-corrected chi connectivity index (χ0v) is 9.46. The third kappa shape index (κ3) is 3.12. The molecular formula is C11H12ClFO3. The molecule has 0 amide bonds. The van der Waals surface area contributed by atoms with Gasteiger partial charge in [-0.2, -0.15) is 0 Å². The predicted octanol–water partition coefficient (Wildman–Crippen LogP) is 2.68. The first kappa shape index (κ1) is 12.8. The summed E-state index contributed by atoms with van der Waals surface area (Å²) in [5, 5.41) is 18.6. The molecule has 0 aliphatic heterocycles. The van der Waals surface area contributed by atoms with Crippen LogP contribution in [0.5, 0.6) is 5.75 Å². The topological polar surface area (TPSA) is 49.7 Å². The highest BCUT2D eigenvalue weighted by Gasteiger charge is 2.25. The first-order chi connectivity index (χ1) is 7.33. The van der Waals surface area contributed by atoms with E-state index in [1.807, 2.05) is 0 Å². The normalized spacial score (nSPS) is 14.2. The second-order valence-corrected chi connectivity index (χ2v) is 3.99. The summed E-state index contributed by atoms with van der Waals surface area (Å²) in [7, 11) is 0. The highest BCUT2D eigenvalue weighted by Crippen LogP contribution is 2.22. The van der Waals surface area contributed by atoms with Crippen LogP contribution in [0.3, 0.4) is 0 Å². The van der Waals surface area contributed by atoms with Gasteiger partial charge in [0.2, 0.25) is 0 Å². The zero-order chi connectivity index (χ0) is 12.3. The van der Waals surface area contributed by atoms with Crippen molar-refractivity contribution in [3.05, 3.63) is 41.4 Å². The van der Waals surface area contributed by atoms with E-state index in [1.165, 1.54) is 19.1 Å². The van der Waals surface area contributed by atoms with Crippen LogP contribution >= 0.6 is 11.6 Å². The Labute approximate surface area is 97.7 Å². The SMILES string of the molecule is C=C(O)[C@@](C)(O)COc1ccc(Cl)c(F)c1. The van der Waals surface area contributed by atoms with Crippen LogP contribution in [0.15, 0.2) is 30.5 Å². The van der Waals surface area contributed by atoms with E-state index in [0.717, 1.165) is 6.07 Å². The summed E-state index contributed by atoms with van der Waals surface area (Å²) >= 11 is 5.49. The molecule has 0 saturated heterocycles. The Kier molecular flexibility index (Phi) is 3.78. The number of hydrogen-bond acceptors (Lipinski definition) is 3. The van der Waals surface area contributed by atoms with Crippen molar-refractivity contribution >= 4 is 11.6 Å². The minimum absolute atomic E-state index is 0.00863. The highest BCUT2D eigenvalue weighted by atomic mass is 35.5. The summed E-state index contributed by atoms with van der Waals surface area (Å²) in [4.78, 5) is 0. The molecule has 5 heteroatoms. The Balaban J connectivity index is 2.68. The van der Waals surface area contributed by atoms with Crippen LogP contribution in [0, 0.1) is 5.82 Å². The lowest BCUT2D eigenvalue weighted by molar-refractivity contribution is 0.0105. The smallest absolute Gasteiger partial charge is 0.151 e. The monoisotopic (exact) mass is 246 g/mol. The van der Waals surface area contributed by atoms with E-state index in [4.69, 9.17) is 21.4 Å². The summed E-state index contributed by atoms with van der Waals surface area (Å²) in [5.41, 5.74) is -1.57. The van der Waals surface area contributed by atoms with E-state index >= 15 is 0 Å². The maximum atomic E-state index is 13.0. The van der Waals surface area contributed by atoms with Crippen molar-refractivity contribution in [1.82, 2.24) is 0 Å². The van der Waals surface area contributed by atoms with Gasteiger partial charge < -0.3 is 14.9 Å². The molecule has 0 saturated carbocycles. The van der Waals surface area contributed by atoms with Crippen LogP contribution in [0.4, 0.5) is 4.39 Å². The molecule has 1 rings (SSSR count). The molecule has 1 aromatic carbocycles. The minimum atomic E-state index is -1.57. The van der Waals surface area contributed by atoms with Crippen LogP contribution in [0.25, 0.3) is 0 Å². The van der Waals surface area contributed by atoms with Gasteiger partial charge in [0, 0.05) is 6.07 Å². The molecule has 1 atom stereocenters. The van der Waals surface area contributed by atoms with E-state index in [9.17, 15) is 9.50 Å². The molecule has 0 aromatic heterocycles. The maximum absolute atomic E-state index is 13.0. The molecule has 0 fully saturated rings. The molecule has 0 unspecified atom stereocenters. The van der Waals surface area contributed by atoms with Crippen LogP contribution in [-0.2, 0) is 0 Å². The van der Waals surface area contributed by atoms with Gasteiger partial charge in [-0.15, -0.1) is 0 Å². The molecule has 3 nitrogen and oxygen atoms in total. The average Bonchev–Trinajstić information content (AvgIpc) is 2.20. The van der Waals surface area contributed by atoms with E-state index in [1.54, 1.807) is 0 Å². The lowest BCUT2D eigenvalue weighted by Gasteiger charge is -2.21. The molecule has 0 spiro atoms. The van der Waals surface area contributed by atoms with Crippen molar-refractivity contribution in [2.24, 2.45) is 0 Å². The van der Waals surface area contributed by atoms with E-state index in [2.05, 4.69) is 6.58 Å². The summed E-state index contributed by atoms with van der Waals surface area (Å²) in [6.07, 6.45) is 0. The van der Waals surface area contributed by atoms with Crippen molar-refractivity contribution in [3.8, 4) is 5.75 Å². The lowest BCUT2D eigenvalue weighted by Crippen LogP contribution is -2.34. The van der Waals surface area contributed by atoms with Crippen molar-refractivity contribution in [2.45, 2.75) is 12.5 Å². The number of aliphatic hydroxyl groups is 2. The van der Waals surface area contributed by atoms with Crippen LogP contribution in [-0.4, -0.2) is 22.4 Å². The molecule has 16 heavy (non-hydrogen) atoms. The summed E-state index contributed by atoms with van der Waals surface area (Å²) in [5.74, 6) is -0.813. The first-order valence-corrected chi connectivity index (χ1v) is 4.89. The second kappa shape index (κ2) is 4.72. The van der Waals surface area contributed by atoms with Gasteiger partial charge in [-0.05, 0) is 19.1 Å². The lowest BCUT2D eigenvalue weighted by atomic mass is 10.1.